The Kier molecular flexibility index (Phi) is 7.23. The lowest BCUT2D eigenvalue weighted by Gasteiger charge is -1.98. The van der Waals surface area contributed by atoms with Crippen LogP contribution in [0.15, 0.2) is 24.3 Å². The maximum absolute atomic E-state index is 3.70. The SMILES string of the molecule is C=CCCCCC(C)=CCC. The lowest BCUT2D eigenvalue weighted by Crippen LogP contribution is -1.78. The normalized spacial score (nSPS) is 11.6. The molecule has 64 valence electrons. The zero-order chi connectivity index (χ0) is 8.53. The van der Waals surface area contributed by atoms with Gasteiger partial charge in [0.1, 0.15) is 0 Å². The summed E-state index contributed by atoms with van der Waals surface area (Å²) in [5.41, 5.74) is 1.54. The highest BCUT2D eigenvalue weighted by atomic mass is 13.9. The van der Waals surface area contributed by atoms with E-state index in [1.54, 1.807) is 0 Å². The van der Waals surface area contributed by atoms with Crippen molar-refractivity contribution in [3.8, 4) is 0 Å². The zero-order valence-electron chi connectivity index (χ0n) is 7.90. The first-order valence-corrected chi connectivity index (χ1v) is 4.57. The molecule has 0 heterocycles. The lowest BCUT2D eigenvalue weighted by atomic mass is 10.1. The fourth-order valence-corrected chi connectivity index (χ4v) is 1.14. The third-order valence-electron chi connectivity index (χ3n) is 1.78. The summed E-state index contributed by atoms with van der Waals surface area (Å²) in [4.78, 5) is 0. The fourth-order valence-electron chi connectivity index (χ4n) is 1.14. The molecule has 0 bridgehead atoms. The van der Waals surface area contributed by atoms with Crippen LogP contribution in [0.3, 0.4) is 0 Å². The molecule has 0 saturated heterocycles. The Hall–Kier alpha value is -0.520. The van der Waals surface area contributed by atoms with Crippen molar-refractivity contribution in [3.05, 3.63) is 24.3 Å². The van der Waals surface area contributed by atoms with E-state index in [9.17, 15) is 0 Å². The average Bonchev–Trinajstić information content (AvgIpc) is 1.99. The Morgan fingerprint density at radius 3 is 2.64 bits per heavy atom. The summed E-state index contributed by atoms with van der Waals surface area (Å²) in [5, 5.41) is 0. The van der Waals surface area contributed by atoms with Gasteiger partial charge in [-0.2, -0.15) is 0 Å². The highest BCUT2D eigenvalue weighted by Gasteiger charge is 1.88. The second-order valence-corrected chi connectivity index (χ2v) is 2.99. The van der Waals surface area contributed by atoms with E-state index in [0.717, 1.165) is 0 Å². The van der Waals surface area contributed by atoms with E-state index in [-0.39, 0.29) is 0 Å². The van der Waals surface area contributed by atoms with Crippen LogP contribution in [0.4, 0.5) is 0 Å². The van der Waals surface area contributed by atoms with Gasteiger partial charge in [0.15, 0.2) is 0 Å². The zero-order valence-corrected chi connectivity index (χ0v) is 7.90. The molecule has 0 aromatic rings. The quantitative estimate of drug-likeness (QED) is 0.397. The van der Waals surface area contributed by atoms with Crippen LogP contribution in [0.1, 0.15) is 46.0 Å². The smallest absolute Gasteiger partial charge is 0.0323 e. The van der Waals surface area contributed by atoms with Crippen molar-refractivity contribution in [2.75, 3.05) is 0 Å². The number of rotatable bonds is 6. The summed E-state index contributed by atoms with van der Waals surface area (Å²) < 4.78 is 0. The monoisotopic (exact) mass is 152 g/mol. The van der Waals surface area contributed by atoms with Gasteiger partial charge in [-0.15, -0.1) is 6.58 Å². The summed E-state index contributed by atoms with van der Waals surface area (Å²) >= 11 is 0. The van der Waals surface area contributed by atoms with Gasteiger partial charge in [0, 0.05) is 0 Å². The fraction of sp³-hybridized carbons (Fsp3) is 0.636. The predicted molar refractivity (Wildman–Crippen MR) is 52.7 cm³/mol. The van der Waals surface area contributed by atoms with Crippen LogP contribution < -0.4 is 0 Å². The Balaban J connectivity index is 3.23. The maximum Gasteiger partial charge on any atom is -0.0323 e. The molecule has 0 saturated carbocycles. The summed E-state index contributed by atoms with van der Waals surface area (Å²) in [6.07, 6.45) is 10.5. The molecule has 0 radical (unpaired) electrons. The Morgan fingerprint density at radius 1 is 1.36 bits per heavy atom. The highest BCUT2D eigenvalue weighted by Crippen LogP contribution is 2.08. The Bertz CT molecular complexity index is 120. The van der Waals surface area contributed by atoms with Gasteiger partial charge in [0.05, 0.1) is 0 Å². The van der Waals surface area contributed by atoms with E-state index in [1.165, 1.54) is 37.7 Å². The minimum Gasteiger partial charge on any atom is -0.103 e. The van der Waals surface area contributed by atoms with Gasteiger partial charge in [-0.1, -0.05) is 24.6 Å². The van der Waals surface area contributed by atoms with Gasteiger partial charge < -0.3 is 0 Å². The Labute approximate surface area is 71.0 Å². The molecule has 0 atom stereocenters. The predicted octanol–water partition coefficient (Wildman–Crippen LogP) is 4.09. The molecule has 0 aromatic heterocycles. The average molecular weight is 152 g/mol. The van der Waals surface area contributed by atoms with Crippen molar-refractivity contribution in [2.24, 2.45) is 0 Å². The number of hydrogen-bond acceptors (Lipinski definition) is 0. The molecular weight excluding hydrogens is 132 g/mol. The third kappa shape index (κ3) is 7.38. The van der Waals surface area contributed by atoms with Gasteiger partial charge in [-0.25, -0.2) is 0 Å². The summed E-state index contributed by atoms with van der Waals surface area (Å²) in [5.74, 6) is 0. The first kappa shape index (κ1) is 10.5. The molecule has 0 amide bonds. The minimum atomic E-state index is 1.17. The van der Waals surface area contributed by atoms with E-state index in [4.69, 9.17) is 0 Å². The summed E-state index contributed by atoms with van der Waals surface area (Å²) in [6.45, 7) is 8.11. The van der Waals surface area contributed by atoms with E-state index in [1.807, 2.05) is 6.08 Å². The molecule has 0 aliphatic heterocycles. The van der Waals surface area contributed by atoms with Crippen LogP contribution in [0.25, 0.3) is 0 Å². The van der Waals surface area contributed by atoms with Gasteiger partial charge in [-0.05, 0) is 39.0 Å². The molecular formula is C11H20. The second kappa shape index (κ2) is 7.59. The number of unbranched alkanes of at least 4 members (excludes halogenated alkanes) is 2. The first-order valence-electron chi connectivity index (χ1n) is 4.57. The third-order valence-corrected chi connectivity index (χ3v) is 1.78. The van der Waals surface area contributed by atoms with Crippen molar-refractivity contribution in [1.29, 1.82) is 0 Å². The van der Waals surface area contributed by atoms with E-state index < -0.39 is 0 Å². The molecule has 0 spiro atoms. The van der Waals surface area contributed by atoms with Crippen LogP contribution in [0.5, 0.6) is 0 Å². The number of hydrogen-bond donors (Lipinski definition) is 0. The van der Waals surface area contributed by atoms with E-state index >= 15 is 0 Å². The van der Waals surface area contributed by atoms with Crippen LogP contribution in [0, 0.1) is 0 Å². The molecule has 0 rings (SSSR count). The standard InChI is InChI=1S/C11H20/c1-4-6-7-8-10-11(3)9-5-2/h4,9H,1,5-8,10H2,2-3H3. The molecule has 0 unspecified atom stereocenters. The summed E-state index contributed by atoms with van der Waals surface area (Å²) in [6, 6.07) is 0. The second-order valence-electron chi connectivity index (χ2n) is 2.99. The van der Waals surface area contributed by atoms with Gasteiger partial charge in [-0.3, -0.25) is 0 Å². The van der Waals surface area contributed by atoms with Crippen LogP contribution in [-0.2, 0) is 0 Å². The maximum atomic E-state index is 3.70. The molecule has 0 N–H and O–H groups in total. The molecule has 11 heavy (non-hydrogen) atoms. The lowest BCUT2D eigenvalue weighted by molar-refractivity contribution is 0.740. The molecule has 0 aliphatic carbocycles. The summed E-state index contributed by atoms with van der Waals surface area (Å²) in [7, 11) is 0. The first-order chi connectivity index (χ1) is 5.31. The van der Waals surface area contributed by atoms with Crippen molar-refractivity contribution in [3.63, 3.8) is 0 Å². The van der Waals surface area contributed by atoms with Crippen molar-refractivity contribution >= 4 is 0 Å². The van der Waals surface area contributed by atoms with Crippen LogP contribution >= 0.6 is 0 Å². The minimum absolute atomic E-state index is 1.17. The Morgan fingerprint density at radius 2 is 2.09 bits per heavy atom. The van der Waals surface area contributed by atoms with E-state index in [0.29, 0.717) is 0 Å². The van der Waals surface area contributed by atoms with Crippen molar-refractivity contribution in [2.45, 2.75) is 46.0 Å². The van der Waals surface area contributed by atoms with Gasteiger partial charge >= 0.3 is 0 Å². The molecule has 0 fully saturated rings. The molecule has 0 heteroatoms. The van der Waals surface area contributed by atoms with Crippen molar-refractivity contribution < 1.29 is 0 Å². The van der Waals surface area contributed by atoms with Gasteiger partial charge in [0.2, 0.25) is 0 Å². The molecule has 0 aliphatic rings. The molecule has 0 nitrogen and oxygen atoms in total. The number of allylic oxidation sites excluding steroid dienone is 3. The van der Waals surface area contributed by atoms with Crippen LogP contribution in [-0.4, -0.2) is 0 Å². The largest absolute Gasteiger partial charge is 0.103 e. The molecule has 0 aromatic carbocycles. The van der Waals surface area contributed by atoms with E-state index in [2.05, 4.69) is 26.5 Å². The van der Waals surface area contributed by atoms with Crippen molar-refractivity contribution in [1.82, 2.24) is 0 Å². The van der Waals surface area contributed by atoms with Gasteiger partial charge in [0.25, 0.3) is 0 Å². The highest BCUT2D eigenvalue weighted by molar-refractivity contribution is 4.96. The van der Waals surface area contributed by atoms with Crippen LogP contribution in [0.2, 0.25) is 0 Å². The topological polar surface area (TPSA) is 0 Å².